The van der Waals surface area contributed by atoms with E-state index in [2.05, 4.69) is 67.5 Å². The van der Waals surface area contributed by atoms with Crippen LogP contribution in [-0.4, -0.2) is 13.6 Å². The predicted octanol–water partition coefficient (Wildman–Crippen LogP) is 3.91. The van der Waals surface area contributed by atoms with E-state index in [1.54, 1.807) is 0 Å². The van der Waals surface area contributed by atoms with Crippen molar-refractivity contribution < 1.29 is 0 Å². The fourth-order valence-electron chi connectivity index (χ4n) is 3.12. The summed E-state index contributed by atoms with van der Waals surface area (Å²) in [4.78, 5) is 2.34. The summed E-state index contributed by atoms with van der Waals surface area (Å²) in [5.74, 6) is 0. The Bertz CT molecular complexity index is 631. The monoisotopic (exact) mass is 266 g/mol. The molecule has 2 heteroatoms. The first-order valence-electron chi connectivity index (χ1n) is 7.28. The highest BCUT2D eigenvalue weighted by atomic mass is 15.1. The van der Waals surface area contributed by atoms with Crippen molar-refractivity contribution in [2.75, 3.05) is 23.8 Å². The third-order valence-corrected chi connectivity index (χ3v) is 4.10. The van der Waals surface area contributed by atoms with Crippen LogP contribution >= 0.6 is 0 Å². The maximum Gasteiger partial charge on any atom is 0.0446 e. The molecule has 0 amide bonds. The Morgan fingerprint density at radius 1 is 1.15 bits per heavy atom. The molecule has 2 aromatic rings. The highest BCUT2D eigenvalue weighted by Gasteiger charge is 2.15. The molecule has 1 aliphatic heterocycles. The standard InChI is InChI=1S/C18H22N2/c1-13-7-8-17(14(2)11-13)20(3)12-16-6-4-5-15-9-10-19-18(15)16/h4-8,11,19H,9-10,12H2,1-3H3. The molecule has 3 rings (SSSR count). The highest BCUT2D eigenvalue weighted by molar-refractivity contribution is 5.63. The van der Waals surface area contributed by atoms with E-state index in [-0.39, 0.29) is 0 Å². The summed E-state index contributed by atoms with van der Waals surface area (Å²) in [6.45, 7) is 6.34. The molecule has 2 nitrogen and oxygen atoms in total. The molecule has 20 heavy (non-hydrogen) atoms. The minimum Gasteiger partial charge on any atom is -0.384 e. The second-order valence-electron chi connectivity index (χ2n) is 5.77. The first kappa shape index (κ1) is 13.0. The van der Waals surface area contributed by atoms with Gasteiger partial charge in [0.1, 0.15) is 0 Å². The topological polar surface area (TPSA) is 15.3 Å². The molecule has 0 aromatic heterocycles. The second-order valence-corrected chi connectivity index (χ2v) is 5.77. The number of aryl methyl sites for hydroxylation is 2. The first-order chi connectivity index (χ1) is 9.65. The van der Waals surface area contributed by atoms with Crippen molar-refractivity contribution in [3.8, 4) is 0 Å². The van der Waals surface area contributed by atoms with Gasteiger partial charge in [-0.2, -0.15) is 0 Å². The van der Waals surface area contributed by atoms with Gasteiger partial charge in [0.25, 0.3) is 0 Å². The van der Waals surface area contributed by atoms with Gasteiger partial charge in [-0.25, -0.2) is 0 Å². The van der Waals surface area contributed by atoms with Crippen LogP contribution in [0.3, 0.4) is 0 Å². The molecule has 0 saturated heterocycles. The molecule has 0 aliphatic carbocycles. The normalized spacial score (nSPS) is 12.9. The van der Waals surface area contributed by atoms with Crippen LogP contribution < -0.4 is 10.2 Å². The number of nitrogens with zero attached hydrogens (tertiary/aromatic N) is 1. The Morgan fingerprint density at radius 2 is 2.00 bits per heavy atom. The van der Waals surface area contributed by atoms with E-state index in [1.165, 1.54) is 33.6 Å². The minimum absolute atomic E-state index is 0.945. The van der Waals surface area contributed by atoms with Gasteiger partial charge in [0.15, 0.2) is 0 Å². The maximum absolute atomic E-state index is 3.52. The fraction of sp³-hybridized carbons (Fsp3) is 0.333. The second kappa shape index (κ2) is 5.20. The van der Waals surface area contributed by atoms with E-state index in [4.69, 9.17) is 0 Å². The number of hydrogen-bond donors (Lipinski definition) is 1. The Hall–Kier alpha value is -1.96. The molecule has 1 N–H and O–H groups in total. The van der Waals surface area contributed by atoms with Gasteiger partial charge >= 0.3 is 0 Å². The highest BCUT2D eigenvalue weighted by Crippen LogP contribution is 2.29. The van der Waals surface area contributed by atoms with Gasteiger partial charge in [-0.15, -0.1) is 0 Å². The van der Waals surface area contributed by atoms with Crippen molar-refractivity contribution in [2.24, 2.45) is 0 Å². The van der Waals surface area contributed by atoms with Crippen LogP contribution in [0.25, 0.3) is 0 Å². The zero-order valence-corrected chi connectivity index (χ0v) is 12.5. The fourth-order valence-corrected chi connectivity index (χ4v) is 3.12. The quantitative estimate of drug-likeness (QED) is 0.906. The molecule has 0 radical (unpaired) electrons. The molecular formula is C18H22N2. The summed E-state index contributed by atoms with van der Waals surface area (Å²) in [6, 6.07) is 13.3. The lowest BCUT2D eigenvalue weighted by molar-refractivity contribution is 0.918. The average Bonchev–Trinajstić information content (AvgIpc) is 2.87. The van der Waals surface area contributed by atoms with Gasteiger partial charge in [0.2, 0.25) is 0 Å². The average molecular weight is 266 g/mol. The van der Waals surface area contributed by atoms with Crippen LogP contribution in [0.1, 0.15) is 22.3 Å². The molecule has 1 heterocycles. The molecule has 0 saturated carbocycles. The molecule has 0 atom stereocenters. The summed E-state index contributed by atoms with van der Waals surface area (Å²) in [5, 5.41) is 3.52. The van der Waals surface area contributed by atoms with Crippen LogP contribution in [0, 0.1) is 13.8 Å². The Balaban J connectivity index is 1.86. The number of para-hydroxylation sites is 1. The smallest absolute Gasteiger partial charge is 0.0446 e. The zero-order chi connectivity index (χ0) is 14.1. The van der Waals surface area contributed by atoms with Gasteiger partial charge < -0.3 is 10.2 Å². The molecular weight excluding hydrogens is 244 g/mol. The molecule has 1 aliphatic rings. The summed E-state index contributed by atoms with van der Waals surface area (Å²) >= 11 is 0. The molecule has 0 fully saturated rings. The zero-order valence-electron chi connectivity index (χ0n) is 12.5. The molecule has 0 bridgehead atoms. The largest absolute Gasteiger partial charge is 0.384 e. The van der Waals surface area contributed by atoms with Gasteiger partial charge in [-0.05, 0) is 43.0 Å². The van der Waals surface area contributed by atoms with Crippen molar-refractivity contribution >= 4 is 11.4 Å². The first-order valence-corrected chi connectivity index (χ1v) is 7.28. The number of rotatable bonds is 3. The molecule has 104 valence electrons. The predicted molar refractivity (Wildman–Crippen MR) is 86.7 cm³/mol. The van der Waals surface area contributed by atoms with Gasteiger partial charge in [-0.1, -0.05) is 35.9 Å². The summed E-state index contributed by atoms with van der Waals surface area (Å²) in [5.41, 5.74) is 8.17. The van der Waals surface area contributed by atoms with E-state index in [0.717, 1.165) is 19.5 Å². The lowest BCUT2D eigenvalue weighted by Crippen LogP contribution is -2.18. The van der Waals surface area contributed by atoms with E-state index < -0.39 is 0 Å². The Kier molecular flexibility index (Phi) is 3.39. The van der Waals surface area contributed by atoms with Gasteiger partial charge in [0, 0.05) is 31.5 Å². The lowest BCUT2D eigenvalue weighted by Gasteiger charge is -2.23. The summed E-state index contributed by atoms with van der Waals surface area (Å²) < 4.78 is 0. The van der Waals surface area contributed by atoms with Crippen LogP contribution in [0.15, 0.2) is 36.4 Å². The van der Waals surface area contributed by atoms with Crippen molar-refractivity contribution in [1.29, 1.82) is 0 Å². The lowest BCUT2D eigenvalue weighted by atomic mass is 10.1. The minimum atomic E-state index is 0.945. The summed E-state index contributed by atoms with van der Waals surface area (Å²) in [7, 11) is 2.17. The molecule has 0 spiro atoms. The number of fused-ring (bicyclic) bond motifs is 1. The maximum atomic E-state index is 3.52. The van der Waals surface area contributed by atoms with Crippen LogP contribution in [0.5, 0.6) is 0 Å². The third-order valence-electron chi connectivity index (χ3n) is 4.10. The van der Waals surface area contributed by atoms with Crippen LogP contribution in [0.4, 0.5) is 11.4 Å². The third kappa shape index (κ3) is 2.38. The van der Waals surface area contributed by atoms with Crippen molar-refractivity contribution in [3.63, 3.8) is 0 Å². The Labute approximate surface area is 121 Å². The SMILES string of the molecule is Cc1ccc(N(C)Cc2cccc3c2NCC3)c(C)c1. The van der Waals surface area contributed by atoms with E-state index in [1.807, 2.05) is 0 Å². The van der Waals surface area contributed by atoms with Gasteiger partial charge in [0.05, 0.1) is 0 Å². The number of anilines is 2. The van der Waals surface area contributed by atoms with E-state index >= 15 is 0 Å². The number of nitrogens with one attached hydrogen (secondary N) is 1. The summed E-state index contributed by atoms with van der Waals surface area (Å²) in [6.07, 6.45) is 1.15. The number of hydrogen-bond acceptors (Lipinski definition) is 2. The van der Waals surface area contributed by atoms with Crippen molar-refractivity contribution in [2.45, 2.75) is 26.8 Å². The van der Waals surface area contributed by atoms with E-state index in [0.29, 0.717) is 0 Å². The number of benzene rings is 2. The molecule has 2 aromatic carbocycles. The van der Waals surface area contributed by atoms with Gasteiger partial charge in [-0.3, -0.25) is 0 Å². The molecule has 0 unspecified atom stereocenters. The van der Waals surface area contributed by atoms with Crippen molar-refractivity contribution in [1.82, 2.24) is 0 Å². The van der Waals surface area contributed by atoms with E-state index in [9.17, 15) is 0 Å². The Morgan fingerprint density at radius 3 is 2.80 bits per heavy atom. The van der Waals surface area contributed by atoms with Crippen LogP contribution in [-0.2, 0) is 13.0 Å². The van der Waals surface area contributed by atoms with Crippen LogP contribution in [0.2, 0.25) is 0 Å². The van der Waals surface area contributed by atoms with Crippen molar-refractivity contribution in [3.05, 3.63) is 58.7 Å².